The van der Waals surface area contributed by atoms with Crippen molar-refractivity contribution >= 4 is 12.0 Å². The van der Waals surface area contributed by atoms with E-state index < -0.39 is 5.97 Å². The van der Waals surface area contributed by atoms with Crippen molar-refractivity contribution in [3.8, 4) is 0 Å². The zero-order chi connectivity index (χ0) is 14.8. The molecule has 110 valence electrons. The van der Waals surface area contributed by atoms with Crippen LogP contribution in [0.4, 0.5) is 4.79 Å². The minimum atomic E-state index is -0.962. The average Bonchev–Trinajstić information content (AvgIpc) is 2.45. The van der Waals surface area contributed by atoms with Crippen LogP contribution in [0.2, 0.25) is 0 Å². The number of carbonyl (C=O) groups is 2. The number of nitrogens with one attached hydrogen (secondary N) is 2. The van der Waals surface area contributed by atoms with Gasteiger partial charge >= 0.3 is 12.0 Å². The molecule has 0 aromatic heterocycles. The van der Waals surface area contributed by atoms with Gasteiger partial charge in [-0.2, -0.15) is 0 Å². The quantitative estimate of drug-likeness (QED) is 0.631. The van der Waals surface area contributed by atoms with Crippen LogP contribution in [0.3, 0.4) is 0 Å². The summed E-state index contributed by atoms with van der Waals surface area (Å²) < 4.78 is 5.16. The molecule has 0 fully saturated rings. The van der Waals surface area contributed by atoms with E-state index in [0.29, 0.717) is 26.3 Å². The van der Waals surface area contributed by atoms with Gasteiger partial charge in [-0.15, -0.1) is 0 Å². The molecule has 0 bridgehead atoms. The number of carbonyl (C=O) groups excluding carboxylic acids is 1. The van der Waals surface area contributed by atoms with Crippen LogP contribution < -0.4 is 10.6 Å². The molecule has 1 aromatic rings. The second-order valence-electron chi connectivity index (χ2n) is 4.16. The van der Waals surface area contributed by atoms with Gasteiger partial charge in [0.05, 0.1) is 5.56 Å². The maximum absolute atomic E-state index is 11.5. The standard InChI is InChI=1S/C14H20N2O4/c1-2-20-9-3-8-15-14(19)16-10-11-4-6-12(7-5-11)13(17)18/h4-7H,2-3,8-10H2,1H3,(H,17,18)(H2,15,16,19). The highest BCUT2D eigenvalue weighted by molar-refractivity contribution is 5.87. The number of urea groups is 1. The largest absolute Gasteiger partial charge is 0.478 e. The summed E-state index contributed by atoms with van der Waals surface area (Å²) in [5, 5.41) is 14.2. The fraction of sp³-hybridized carbons (Fsp3) is 0.429. The van der Waals surface area contributed by atoms with E-state index in [1.54, 1.807) is 12.1 Å². The van der Waals surface area contributed by atoms with Crippen LogP contribution in [0.15, 0.2) is 24.3 Å². The van der Waals surface area contributed by atoms with E-state index in [1.807, 2.05) is 6.92 Å². The van der Waals surface area contributed by atoms with Gasteiger partial charge in [-0.25, -0.2) is 9.59 Å². The summed E-state index contributed by atoms with van der Waals surface area (Å²) in [5.41, 5.74) is 1.08. The Bertz CT molecular complexity index is 431. The summed E-state index contributed by atoms with van der Waals surface area (Å²) in [6.45, 7) is 4.16. The second kappa shape index (κ2) is 8.92. The molecule has 0 saturated heterocycles. The third-order valence-electron chi connectivity index (χ3n) is 2.61. The van der Waals surface area contributed by atoms with E-state index in [4.69, 9.17) is 9.84 Å². The Morgan fingerprint density at radius 3 is 2.50 bits per heavy atom. The van der Waals surface area contributed by atoms with E-state index >= 15 is 0 Å². The summed E-state index contributed by atoms with van der Waals surface area (Å²) >= 11 is 0. The lowest BCUT2D eigenvalue weighted by molar-refractivity contribution is 0.0697. The molecule has 0 heterocycles. The lowest BCUT2D eigenvalue weighted by Crippen LogP contribution is -2.35. The molecule has 2 amide bonds. The first-order chi connectivity index (χ1) is 9.63. The van der Waals surface area contributed by atoms with Crippen molar-refractivity contribution in [2.75, 3.05) is 19.8 Å². The van der Waals surface area contributed by atoms with Crippen molar-refractivity contribution in [1.82, 2.24) is 10.6 Å². The van der Waals surface area contributed by atoms with Gasteiger partial charge in [0.15, 0.2) is 0 Å². The highest BCUT2D eigenvalue weighted by Gasteiger charge is 2.03. The third kappa shape index (κ3) is 6.19. The number of amides is 2. The number of hydrogen-bond donors (Lipinski definition) is 3. The van der Waals surface area contributed by atoms with Crippen LogP contribution in [0, 0.1) is 0 Å². The summed E-state index contributed by atoms with van der Waals surface area (Å²) in [5.74, 6) is -0.962. The highest BCUT2D eigenvalue weighted by Crippen LogP contribution is 2.03. The van der Waals surface area contributed by atoms with Crippen molar-refractivity contribution in [2.24, 2.45) is 0 Å². The van der Waals surface area contributed by atoms with Gasteiger partial charge < -0.3 is 20.5 Å². The summed E-state index contributed by atoms with van der Waals surface area (Å²) in [4.78, 5) is 22.1. The number of ether oxygens (including phenoxy) is 1. The lowest BCUT2D eigenvalue weighted by Gasteiger charge is -2.08. The lowest BCUT2D eigenvalue weighted by atomic mass is 10.1. The fourth-order valence-corrected chi connectivity index (χ4v) is 1.53. The third-order valence-corrected chi connectivity index (χ3v) is 2.61. The summed E-state index contributed by atoms with van der Waals surface area (Å²) in [6.07, 6.45) is 0.772. The average molecular weight is 280 g/mol. The van der Waals surface area contributed by atoms with Crippen LogP contribution in [-0.4, -0.2) is 36.9 Å². The first-order valence-corrected chi connectivity index (χ1v) is 6.55. The Kier molecular flexibility index (Phi) is 7.13. The van der Waals surface area contributed by atoms with Crippen molar-refractivity contribution in [2.45, 2.75) is 19.9 Å². The number of carboxylic acid groups (broad SMARTS) is 1. The second-order valence-corrected chi connectivity index (χ2v) is 4.16. The van der Waals surface area contributed by atoms with E-state index in [1.165, 1.54) is 12.1 Å². The van der Waals surface area contributed by atoms with Crippen molar-refractivity contribution in [3.05, 3.63) is 35.4 Å². The van der Waals surface area contributed by atoms with Crippen molar-refractivity contribution < 1.29 is 19.4 Å². The van der Waals surface area contributed by atoms with Gasteiger partial charge in [0.25, 0.3) is 0 Å². The maximum atomic E-state index is 11.5. The number of carboxylic acids is 1. The normalized spacial score (nSPS) is 10.1. The van der Waals surface area contributed by atoms with E-state index in [-0.39, 0.29) is 11.6 Å². The van der Waals surface area contributed by atoms with Gasteiger partial charge in [0.1, 0.15) is 0 Å². The fourth-order valence-electron chi connectivity index (χ4n) is 1.53. The Labute approximate surface area is 118 Å². The minimum absolute atomic E-state index is 0.231. The Hall–Kier alpha value is -2.08. The molecule has 0 aliphatic heterocycles. The predicted molar refractivity (Wildman–Crippen MR) is 74.7 cm³/mol. The molecule has 0 spiro atoms. The van der Waals surface area contributed by atoms with E-state index in [2.05, 4.69) is 10.6 Å². The number of benzene rings is 1. The molecule has 0 aliphatic carbocycles. The van der Waals surface area contributed by atoms with Gasteiger partial charge in [-0.05, 0) is 31.0 Å². The van der Waals surface area contributed by atoms with Crippen LogP contribution in [0.1, 0.15) is 29.3 Å². The SMILES string of the molecule is CCOCCCNC(=O)NCc1ccc(C(=O)O)cc1. The monoisotopic (exact) mass is 280 g/mol. The summed E-state index contributed by atoms with van der Waals surface area (Å²) in [6, 6.07) is 6.14. The first-order valence-electron chi connectivity index (χ1n) is 6.55. The Morgan fingerprint density at radius 2 is 1.90 bits per heavy atom. The Balaban J connectivity index is 2.22. The molecular weight excluding hydrogens is 260 g/mol. The minimum Gasteiger partial charge on any atom is -0.478 e. The van der Waals surface area contributed by atoms with Gasteiger partial charge in [0.2, 0.25) is 0 Å². The van der Waals surface area contributed by atoms with Gasteiger partial charge in [-0.1, -0.05) is 12.1 Å². The molecule has 0 saturated carbocycles. The molecule has 0 radical (unpaired) electrons. The first kappa shape index (κ1) is 16.0. The molecule has 20 heavy (non-hydrogen) atoms. The van der Waals surface area contributed by atoms with Crippen LogP contribution in [0.25, 0.3) is 0 Å². The van der Waals surface area contributed by atoms with E-state index in [9.17, 15) is 9.59 Å². The molecule has 0 aliphatic rings. The molecular formula is C14H20N2O4. The molecule has 6 nitrogen and oxygen atoms in total. The summed E-state index contributed by atoms with van der Waals surface area (Å²) in [7, 11) is 0. The molecule has 0 unspecified atom stereocenters. The molecule has 0 atom stereocenters. The molecule has 6 heteroatoms. The maximum Gasteiger partial charge on any atom is 0.335 e. The van der Waals surface area contributed by atoms with Crippen molar-refractivity contribution in [3.63, 3.8) is 0 Å². The zero-order valence-electron chi connectivity index (χ0n) is 11.5. The molecule has 1 aromatic carbocycles. The van der Waals surface area contributed by atoms with Crippen molar-refractivity contribution in [1.29, 1.82) is 0 Å². The van der Waals surface area contributed by atoms with Crippen LogP contribution in [-0.2, 0) is 11.3 Å². The predicted octanol–water partition coefficient (Wildman–Crippen LogP) is 1.61. The topological polar surface area (TPSA) is 87.7 Å². The zero-order valence-corrected chi connectivity index (χ0v) is 11.5. The van der Waals surface area contributed by atoms with E-state index in [0.717, 1.165) is 12.0 Å². The Morgan fingerprint density at radius 1 is 1.20 bits per heavy atom. The number of hydrogen-bond acceptors (Lipinski definition) is 3. The number of aromatic carboxylic acids is 1. The van der Waals surface area contributed by atoms with Gasteiger partial charge in [-0.3, -0.25) is 0 Å². The molecule has 3 N–H and O–H groups in total. The molecule has 1 rings (SSSR count). The highest BCUT2D eigenvalue weighted by atomic mass is 16.5. The van der Waals surface area contributed by atoms with Crippen LogP contribution in [0.5, 0.6) is 0 Å². The van der Waals surface area contributed by atoms with Crippen LogP contribution >= 0.6 is 0 Å². The van der Waals surface area contributed by atoms with Gasteiger partial charge in [0, 0.05) is 26.3 Å². The smallest absolute Gasteiger partial charge is 0.335 e. The number of rotatable bonds is 8.